The highest BCUT2D eigenvalue weighted by Gasteiger charge is 2.31. The highest BCUT2D eigenvalue weighted by atomic mass is 32.1. The zero-order chi connectivity index (χ0) is 21.5. The van der Waals surface area contributed by atoms with Gasteiger partial charge in [0.15, 0.2) is 0 Å². The van der Waals surface area contributed by atoms with Crippen molar-refractivity contribution < 1.29 is 18.0 Å². The van der Waals surface area contributed by atoms with Crippen LogP contribution in [0, 0.1) is 13.8 Å². The molecule has 0 radical (unpaired) electrons. The summed E-state index contributed by atoms with van der Waals surface area (Å²) in [5.41, 5.74) is 2.65. The first-order valence-corrected chi connectivity index (χ1v) is 10.4. The normalized spacial score (nSPS) is 18.7. The van der Waals surface area contributed by atoms with E-state index in [-0.39, 0.29) is 17.9 Å². The van der Waals surface area contributed by atoms with Gasteiger partial charge < -0.3 is 5.32 Å². The van der Waals surface area contributed by atoms with Gasteiger partial charge in [0.2, 0.25) is 0 Å². The van der Waals surface area contributed by atoms with Crippen LogP contribution < -0.4 is 5.32 Å². The van der Waals surface area contributed by atoms with Crippen LogP contribution in [0.25, 0.3) is 5.69 Å². The molecule has 0 saturated carbocycles. The lowest BCUT2D eigenvalue weighted by Crippen LogP contribution is -2.32. The molecule has 1 aliphatic carbocycles. The molecule has 0 unspecified atom stereocenters. The number of hydrogen-bond acceptors (Lipinski definition) is 3. The fraction of sp³-hybridized carbons (Fsp3) is 0.273. The van der Waals surface area contributed by atoms with Gasteiger partial charge in [-0.05, 0) is 56.0 Å². The minimum absolute atomic E-state index is 0.0715. The Morgan fingerprint density at radius 3 is 2.53 bits per heavy atom. The van der Waals surface area contributed by atoms with Crippen LogP contribution in [0.3, 0.4) is 0 Å². The molecule has 8 heteroatoms. The van der Waals surface area contributed by atoms with Gasteiger partial charge in [0.1, 0.15) is 0 Å². The van der Waals surface area contributed by atoms with Crippen LogP contribution in [0.4, 0.5) is 13.2 Å². The van der Waals surface area contributed by atoms with Crippen LogP contribution in [-0.4, -0.2) is 21.7 Å². The topological polar surface area (TPSA) is 46.9 Å². The summed E-state index contributed by atoms with van der Waals surface area (Å²) in [6.45, 7) is 3.81. The van der Waals surface area contributed by atoms with E-state index in [4.69, 9.17) is 0 Å². The summed E-state index contributed by atoms with van der Waals surface area (Å²) in [6, 6.07) is 8.56. The second kappa shape index (κ2) is 7.75. The molecule has 0 spiro atoms. The lowest BCUT2D eigenvalue weighted by atomic mass is 9.96. The van der Waals surface area contributed by atoms with Gasteiger partial charge in [-0.25, -0.2) is 4.68 Å². The van der Waals surface area contributed by atoms with E-state index in [2.05, 4.69) is 16.5 Å². The molecule has 0 fully saturated rings. The summed E-state index contributed by atoms with van der Waals surface area (Å²) in [7, 11) is 0. The van der Waals surface area contributed by atoms with Crippen LogP contribution in [0.15, 0.2) is 53.9 Å². The maximum atomic E-state index is 12.8. The number of thiophene rings is 1. The Morgan fingerprint density at radius 1 is 1.17 bits per heavy atom. The largest absolute Gasteiger partial charge is 0.416 e. The third-order valence-corrected chi connectivity index (χ3v) is 6.17. The molecule has 30 heavy (non-hydrogen) atoms. The SMILES string of the molecule is Cc1nn(-c2ccc(C(F)(F)F)cc2)c(C)c1[C@H]1C=C[C@@H](NC(=O)c2cccs2)C1. The molecule has 1 aromatic carbocycles. The number of rotatable bonds is 4. The van der Waals surface area contributed by atoms with Gasteiger partial charge in [-0.1, -0.05) is 18.2 Å². The van der Waals surface area contributed by atoms with Gasteiger partial charge in [0, 0.05) is 23.2 Å². The summed E-state index contributed by atoms with van der Waals surface area (Å²) >= 11 is 1.40. The minimum Gasteiger partial charge on any atom is -0.345 e. The van der Waals surface area contributed by atoms with Gasteiger partial charge in [0.05, 0.1) is 21.8 Å². The Bertz CT molecular complexity index is 1080. The molecule has 0 bridgehead atoms. The maximum Gasteiger partial charge on any atom is 0.416 e. The first-order valence-electron chi connectivity index (χ1n) is 9.50. The summed E-state index contributed by atoms with van der Waals surface area (Å²) in [4.78, 5) is 13.0. The van der Waals surface area contributed by atoms with Crippen molar-refractivity contribution in [1.29, 1.82) is 0 Å². The van der Waals surface area contributed by atoms with Gasteiger partial charge >= 0.3 is 6.18 Å². The Kier molecular flexibility index (Phi) is 5.27. The smallest absolute Gasteiger partial charge is 0.345 e. The fourth-order valence-corrected chi connectivity index (χ4v) is 4.53. The maximum absolute atomic E-state index is 12.8. The zero-order valence-electron chi connectivity index (χ0n) is 16.4. The average molecular weight is 431 g/mol. The number of allylic oxidation sites excluding steroid dienone is 1. The van der Waals surface area contributed by atoms with E-state index in [1.54, 1.807) is 10.7 Å². The van der Waals surface area contributed by atoms with Crippen molar-refractivity contribution in [3.05, 3.63) is 81.3 Å². The van der Waals surface area contributed by atoms with Crippen LogP contribution in [0.5, 0.6) is 0 Å². The van der Waals surface area contributed by atoms with Crippen molar-refractivity contribution in [2.75, 3.05) is 0 Å². The molecule has 0 saturated heterocycles. The standard InChI is InChI=1S/C22H20F3N3OS/c1-13-20(15-5-8-17(12-15)26-21(29)19-4-3-11-30-19)14(2)28(27-13)18-9-6-16(7-10-18)22(23,24)25/h3-11,15,17H,12H2,1-2H3,(H,26,29)/t15-,17+/m0/s1. The van der Waals surface area contributed by atoms with E-state index in [1.165, 1.54) is 23.5 Å². The van der Waals surface area contributed by atoms with Crippen LogP contribution in [-0.2, 0) is 6.18 Å². The Morgan fingerprint density at radius 2 is 1.90 bits per heavy atom. The molecule has 2 atom stereocenters. The third-order valence-electron chi connectivity index (χ3n) is 5.30. The van der Waals surface area contributed by atoms with E-state index in [0.29, 0.717) is 10.6 Å². The second-order valence-electron chi connectivity index (χ2n) is 7.33. The third kappa shape index (κ3) is 3.92. The number of hydrogen-bond donors (Lipinski definition) is 1. The Balaban J connectivity index is 1.52. The fourth-order valence-electron chi connectivity index (χ4n) is 3.90. The number of aromatic nitrogens is 2. The Hall–Kier alpha value is -2.87. The number of nitrogens with one attached hydrogen (secondary N) is 1. The molecule has 2 aromatic heterocycles. The lowest BCUT2D eigenvalue weighted by Gasteiger charge is -2.14. The molecule has 4 rings (SSSR count). The highest BCUT2D eigenvalue weighted by molar-refractivity contribution is 7.12. The first kappa shape index (κ1) is 20.4. The van der Waals surface area contributed by atoms with Crippen molar-refractivity contribution in [3.63, 3.8) is 0 Å². The first-order chi connectivity index (χ1) is 14.2. The molecular formula is C22H20F3N3OS. The summed E-state index contributed by atoms with van der Waals surface area (Å²) in [5, 5.41) is 9.45. The molecular weight excluding hydrogens is 411 g/mol. The number of carbonyl (C=O) groups is 1. The molecule has 2 heterocycles. The molecule has 1 N–H and O–H groups in total. The van der Waals surface area contributed by atoms with Crippen LogP contribution in [0.1, 0.15) is 44.5 Å². The van der Waals surface area contributed by atoms with E-state index in [9.17, 15) is 18.0 Å². The van der Waals surface area contributed by atoms with Gasteiger partial charge in [-0.2, -0.15) is 18.3 Å². The van der Waals surface area contributed by atoms with E-state index in [1.807, 2.05) is 31.4 Å². The predicted octanol–water partition coefficient (Wildman–Crippen LogP) is 5.41. The van der Waals surface area contributed by atoms with Gasteiger partial charge in [-0.3, -0.25) is 4.79 Å². The average Bonchev–Trinajstić information content (AvgIpc) is 3.42. The van der Waals surface area contributed by atoms with Crippen molar-refractivity contribution in [2.24, 2.45) is 0 Å². The second-order valence-corrected chi connectivity index (χ2v) is 8.27. The molecule has 1 amide bonds. The van der Waals surface area contributed by atoms with Crippen LogP contribution in [0.2, 0.25) is 0 Å². The zero-order valence-corrected chi connectivity index (χ0v) is 17.2. The molecule has 1 aliphatic rings. The number of aryl methyl sites for hydroxylation is 1. The summed E-state index contributed by atoms with van der Waals surface area (Å²) in [5.74, 6) is -0.00368. The van der Waals surface area contributed by atoms with E-state index in [0.717, 1.165) is 35.5 Å². The predicted molar refractivity (Wildman–Crippen MR) is 110 cm³/mol. The highest BCUT2D eigenvalue weighted by Crippen LogP contribution is 2.35. The number of benzene rings is 1. The van der Waals surface area contributed by atoms with Gasteiger partial charge in [-0.15, -0.1) is 11.3 Å². The van der Waals surface area contributed by atoms with Crippen molar-refractivity contribution in [3.8, 4) is 5.69 Å². The van der Waals surface area contributed by atoms with Gasteiger partial charge in [0.25, 0.3) is 5.91 Å². The van der Waals surface area contributed by atoms with Crippen LogP contribution >= 0.6 is 11.3 Å². The molecule has 4 nitrogen and oxygen atoms in total. The molecule has 156 valence electrons. The summed E-state index contributed by atoms with van der Waals surface area (Å²) < 4.78 is 40.2. The van der Waals surface area contributed by atoms with E-state index >= 15 is 0 Å². The van der Waals surface area contributed by atoms with Crippen molar-refractivity contribution >= 4 is 17.2 Å². The van der Waals surface area contributed by atoms with Crippen molar-refractivity contribution in [2.45, 2.75) is 38.4 Å². The quantitative estimate of drug-likeness (QED) is 0.562. The van der Waals surface area contributed by atoms with E-state index < -0.39 is 11.7 Å². The Labute approximate surface area is 176 Å². The number of carbonyl (C=O) groups excluding carboxylic acids is 1. The molecule has 0 aliphatic heterocycles. The number of alkyl halides is 3. The number of nitrogens with zero attached hydrogens (tertiary/aromatic N) is 2. The number of amides is 1. The minimum atomic E-state index is -4.37. The monoisotopic (exact) mass is 431 g/mol. The van der Waals surface area contributed by atoms with Crippen molar-refractivity contribution in [1.82, 2.24) is 15.1 Å². The molecule has 3 aromatic rings. The number of halogens is 3. The summed E-state index contributed by atoms with van der Waals surface area (Å²) in [6.07, 6.45) is 0.408. The lowest BCUT2D eigenvalue weighted by molar-refractivity contribution is -0.137.